The Morgan fingerprint density at radius 3 is 2.67 bits per heavy atom. The molecular formula is C22H28N4O. The summed E-state index contributed by atoms with van der Waals surface area (Å²) < 4.78 is 7.23. The average Bonchev–Trinajstić information content (AvgIpc) is 3.04. The Labute approximate surface area is 160 Å². The van der Waals surface area contributed by atoms with Gasteiger partial charge >= 0.3 is 0 Å². The van der Waals surface area contributed by atoms with Gasteiger partial charge in [-0.3, -0.25) is 0 Å². The summed E-state index contributed by atoms with van der Waals surface area (Å²) in [5, 5.41) is 9.57. The molecule has 3 aromatic rings. The van der Waals surface area contributed by atoms with E-state index in [0.717, 1.165) is 30.7 Å². The zero-order valence-corrected chi connectivity index (χ0v) is 16.6. The van der Waals surface area contributed by atoms with Gasteiger partial charge in [-0.1, -0.05) is 12.1 Å². The molecule has 4 rings (SSSR count). The molecular weight excluding hydrogens is 336 g/mol. The molecule has 1 atom stereocenters. The van der Waals surface area contributed by atoms with Gasteiger partial charge in [0.2, 0.25) is 0 Å². The van der Waals surface area contributed by atoms with Crippen LogP contribution in [0.25, 0.3) is 11.0 Å². The highest BCUT2D eigenvalue weighted by Crippen LogP contribution is 2.28. The van der Waals surface area contributed by atoms with Gasteiger partial charge in [-0.2, -0.15) is 5.10 Å². The van der Waals surface area contributed by atoms with Crippen molar-refractivity contribution >= 4 is 11.0 Å². The molecule has 1 N–H and O–H groups in total. The number of hydrogen-bond donors (Lipinski definition) is 1. The van der Waals surface area contributed by atoms with Crippen molar-refractivity contribution in [1.29, 1.82) is 0 Å². The Bertz CT molecular complexity index is 937. The van der Waals surface area contributed by atoms with Gasteiger partial charge in [0.25, 0.3) is 0 Å². The highest BCUT2D eigenvalue weighted by molar-refractivity contribution is 5.80. The molecule has 0 amide bonds. The first-order valence-electron chi connectivity index (χ1n) is 9.66. The second-order valence-corrected chi connectivity index (χ2v) is 8.48. The molecule has 27 heavy (non-hydrogen) atoms. The van der Waals surface area contributed by atoms with E-state index in [0.29, 0.717) is 12.6 Å². The lowest BCUT2D eigenvalue weighted by Crippen LogP contribution is -2.46. The third-order valence-electron chi connectivity index (χ3n) is 5.20. The summed E-state index contributed by atoms with van der Waals surface area (Å²) in [7, 11) is 1.69. The molecule has 0 radical (unpaired) electrons. The number of benzene rings is 1. The van der Waals surface area contributed by atoms with Crippen LogP contribution in [0.5, 0.6) is 5.75 Å². The van der Waals surface area contributed by atoms with Crippen molar-refractivity contribution in [3.63, 3.8) is 0 Å². The zero-order valence-electron chi connectivity index (χ0n) is 16.6. The van der Waals surface area contributed by atoms with Gasteiger partial charge in [0.1, 0.15) is 5.75 Å². The number of methoxy groups -OCH3 is 1. The first kappa shape index (κ1) is 18.0. The van der Waals surface area contributed by atoms with Gasteiger partial charge in [0.05, 0.1) is 19.9 Å². The van der Waals surface area contributed by atoms with E-state index in [1.807, 2.05) is 23.0 Å². The molecule has 5 heteroatoms. The predicted molar refractivity (Wildman–Crippen MR) is 108 cm³/mol. The lowest BCUT2D eigenvalue weighted by molar-refractivity contribution is 0.335. The van der Waals surface area contributed by atoms with Crippen LogP contribution in [0.1, 0.15) is 43.9 Å². The van der Waals surface area contributed by atoms with Crippen molar-refractivity contribution in [2.45, 2.75) is 58.2 Å². The number of fused-ring (bicyclic) bond motifs is 3. The third kappa shape index (κ3) is 3.83. The fraction of sp³-hybridized carbons (Fsp3) is 0.455. The number of hydrogen-bond acceptors (Lipinski definition) is 4. The number of rotatable bonds is 4. The monoisotopic (exact) mass is 364 g/mol. The summed E-state index contributed by atoms with van der Waals surface area (Å²) in [5.74, 6) is 0.870. The quantitative estimate of drug-likeness (QED) is 0.766. The number of aromatic nitrogens is 3. The SMILES string of the molecule is COc1ccc(Cn2ncc3c4c(cnc32)CC(NC(C)(C)C)CC4)cc1. The van der Waals surface area contributed by atoms with Crippen molar-refractivity contribution in [1.82, 2.24) is 20.1 Å². The number of nitrogens with one attached hydrogen (secondary N) is 1. The number of nitrogens with zero attached hydrogens (tertiary/aromatic N) is 3. The Morgan fingerprint density at radius 2 is 1.96 bits per heavy atom. The number of aryl methyl sites for hydroxylation is 1. The van der Waals surface area contributed by atoms with Crippen LogP contribution in [0.4, 0.5) is 0 Å². The lowest BCUT2D eigenvalue weighted by Gasteiger charge is -2.32. The van der Waals surface area contributed by atoms with E-state index >= 15 is 0 Å². The highest BCUT2D eigenvalue weighted by Gasteiger charge is 2.25. The van der Waals surface area contributed by atoms with E-state index in [1.54, 1.807) is 7.11 Å². The molecule has 0 saturated carbocycles. The van der Waals surface area contributed by atoms with E-state index in [-0.39, 0.29) is 5.54 Å². The largest absolute Gasteiger partial charge is 0.497 e. The van der Waals surface area contributed by atoms with Gasteiger partial charge < -0.3 is 10.1 Å². The molecule has 1 unspecified atom stereocenters. The van der Waals surface area contributed by atoms with Crippen molar-refractivity contribution in [3.8, 4) is 5.75 Å². The van der Waals surface area contributed by atoms with Crippen molar-refractivity contribution in [3.05, 3.63) is 53.3 Å². The van der Waals surface area contributed by atoms with E-state index in [2.05, 4.69) is 49.5 Å². The molecule has 0 aliphatic heterocycles. The standard InChI is InChI=1S/C22H28N4O/c1-22(2,3)25-17-7-10-19-16(11-17)12-23-21-20(19)13-24-26(21)14-15-5-8-18(27-4)9-6-15/h5-6,8-9,12-13,17,25H,7,10-11,14H2,1-4H3. The molecule has 1 aliphatic carbocycles. The second-order valence-electron chi connectivity index (χ2n) is 8.48. The predicted octanol–water partition coefficient (Wildman–Crippen LogP) is 3.73. The van der Waals surface area contributed by atoms with Crippen molar-refractivity contribution < 1.29 is 4.74 Å². The van der Waals surface area contributed by atoms with Crippen LogP contribution in [-0.4, -0.2) is 33.5 Å². The molecule has 1 aromatic carbocycles. The molecule has 0 bridgehead atoms. The van der Waals surface area contributed by atoms with Gasteiger partial charge in [-0.15, -0.1) is 0 Å². The first-order chi connectivity index (χ1) is 12.9. The summed E-state index contributed by atoms with van der Waals surface area (Å²) in [6, 6.07) is 8.64. The fourth-order valence-electron chi connectivity index (χ4n) is 4.03. The molecule has 5 nitrogen and oxygen atoms in total. The summed E-state index contributed by atoms with van der Waals surface area (Å²) in [4.78, 5) is 4.76. The lowest BCUT2D eigenvalue weighted by atomic mass is 9.87. The molecule has 0 saturated heterocycles. The van der Waals surface area contributed by atoms with Crippen LogP contribution in [0, 0.1) is 0 Å². The maximum atomic E-state index is 5.24. The minimum Gasteiger partial charge on any atom is -0.497 e. The van der Waals surface area contributed by atoms with Crippen molar-refractivity contribution in [2.24, 2.45) is 0 Å². The molecule has 1 aliphatic rings. The first-order valence-corrected chi connectivity index (χ1v) is 9.66. The highest BCUT2D eigenvalue weighted by atomic mass is 16.5. The third-order valence-corrected chi connectivity index (χ3v) is 5.20. The van der Waals surface area contributed by atoms with E-state index in [1.165, 1.54) is 22.1 Å². The van der Waals surface area contributed by atoms with Crippen LogP contribution >= 0.6 is 0 Å². The second kappa shape index (κ2) is 6.97. The van der Waals surface area contributed by atoms with Gasteiger partial charge in [0.15, 0.2) is 5.65 Å². The van der Waals surface area contributed by atoms with Crippen LogP contribution in [0.3, 0.4) is 0 Å². The van der Waals surface area contributed by atoms with E-state index in [9.17, 15) is 0 Å². The maximum absolute atomic E-state index is 5.24. The maximum Gasteiger partial charge on any atom is 0.158 e. The summed E-state index contributed by atoms with van der Waals surface area (Å²) >= 11 is 0. The van der Waals surface area contributed by atoms with Crippen molar-refractivity contribution in [2.75, 3.05) is 7.11 Å². The fourth-order valence-corrected chi connectivity index (χ4v) is 4.03. The Balaban J connectivity index is 1.58. The Morgan fingerprint density at radius 1 is 1.19 bits per heavy atom. The molecule has 2 heterocycles. The van der Waals surface area contributed by atoms with Gasteiger partial charge in [-0.05, 0) is 68.9 Å². The minimum atomic E-state index is 0.142. The average molecular weight is 364 g/mol. The summed E-state index contributed by atoms with van der Waals surface area (Å²) in [5.41, 5.74) is 5.09. The van der Waals surface area contributed by atoms with Gasteiger partial charge in [0, 0.05) is 23.2 Å². The van der Waals surface area contributed by atoms with Crippen LogP contribution < -0.4 is 10.1 Å². The Hall–Kier alpha value is -2.40. The molecule has 2 aromatic heterocycles. The molecule has 142 valence electrons. The Kier molecular flexibility index (Phi) is 4.64. The van der Waals surface area contributed by atoms with Gasteiger partial charge in [-0.25, -0.2) is 9.67 Å². The summed E-state index contributed by atoms with van der Waals surface area (Å²) in [6.07, 6.45) is 7.32. The van der Waals surface area contributed by atoms with Crippen LogP contribution in [0.2, 0.25) is 0 Å². The number of pyridine rings is 1. The van der Waals surface area contributed by atoms with Crippen LogP contribution in [0.15, 0.2) is 36.7 Å². The minimum absolute atomic E-state index is 0.142. The number of ether oxygens (including phenoxy) is 1. The normalized spacial score (nSPS) is 17.1. The summed E-state index contributed by atoms with van der Waals surface area (Å²) in [6.45, 7) is 7.40. The smallest absolute Gasteiger partial charge is 0.158 e. The van der Waals surface area contributed by atoms with E-state index in [4.69, 9.17) is 9.72 Å². The molecule has 0 fully saturated rings. The van der Waals surface area contributed by atoms with E-state index < -0.39 is 0 Å². The van der Waals surface area contributed by atoms with Crippen LogP contribution in [-0.2, 0) is 19.4 Å². The molecule has 0 spiro atoms. The topological polar surface area (TPSA) is 52.0 Å². The zero-order chi connectivity index (χ0) is 19.0.